The first-order valence-electron chi connectivity index (χ1n) is 5.41. The van der Waals surface area contributed by atoms with Gasteiger partial charge in [-0.1, -0.05) is 0 Å². The average molecular weight is 224 g/mol. The second-order valence-electron chi connectivity index (χ2n) is 4.03. The molecule has 1 amide bonds. The van der Waals surface area contributed by atoms with Gasteiger partial charge in [0, 0.05) is 13.7 Å². The van der Waals surface area contributed by atoms with Gasteiger partial charge in [-0.15, -0.1) is 0 Å². The molecule has 1 unspecified atom stereocenters. The van der Waals surface area contributed by atoms with Gasteiger partial charge in [0.25, 0.3) is 5.91 Å². The first kappa shape index (κ1) is 11.1. The van der Waals surface area contributed by atoms with E-state index in [1.165, 1.54) is 0 Å². The van der Waals surface area contributed by atoms with Crippen LogP contribution in [-0.4, -0.2) is 45.7 Å². The van der Waals surface area contributed by atoms with Crippen molar-refractivity contribution in [1.82, 2.24) is 20.1 Å². The molecule has 6 heteroatoms. The lowest BCUT2D eigenvalue weighted by molar-refractivity contribution is -0.140. The van der Waals surface area contributed by atoms with Crippen LogP contribution in [0.4, 0.5) is 0 Å². The van der Waals surface area contributed by atoms with E-state index >= 15 is 0 Å². The Morgan fingerprint density at radius 1 is 1.69 bits per heavy atom. The molecule has 1 atom stereocenters. The van der Waals surface area contributed by atoms with E-state index in [0.717, 1.165) is 18.7 Å². The Balaban J connectivity index is 1.91. The van der Waals surface area contributed by atoms with Crippen LogP contribution in [0.15, 0.2) is 0 Å². The highest BCUT2D eigenvalue weighted by Crippen LogP contribution is 2.14. The second-order valence-corrected chi connectivity index (χ2v) is 4.03. The third-order valence-corrected chi connectivity index (χ3v) is 2.60. The molecule has 1 aromatic heterocycles. The molecule has 16 heavy (non-hydrogen) atoms. The van der Waals surface area contributed by atoms with E-state index in [1.807, 2.05) is 6.92 Å². The summed E-state index contributed by atoms with van der Waals surface area (Å²) in [6, 6.07) is 0. The number of aromatic amines is 1. The number of hydrogen-bond donors (Lipinski definition) is 1. The van der Waals surface area contributed by atoms with Crippen LogP contribution in [0.3, 0.4) is 0 Å². The van der Waals surface area contributed by atoms with Gasteiger partial charge in [0.15, 0.2) is 5.82 Å². The zero-order valence-electron chi connectivity index (χ0n) is 9.56. The van der Waals surface area contributed by atoms with Gasteiger partial charge in [-0.2, -0.15) is 5.10 Å². The molecular weight excluding hydrogens is 208 g/mol. The molecule has 2 rings (SSSR count). The summed E-state index contributed by atoms with van der Waals surface area (Å²) < 4.78 is 5.34. The molecule has 1 aliphatic rings. The zero-order valence-corrected chi connectivity index (χ0v) is 9.56. The highest BCUT2D eigenvalue weighted by atomic mass is 16.5. The molecule has 0 aromatic carbocycles. The maximum absolute atomic E-state index is 11.9. The maximum atomic E-state index is 11.9. The fraction of sp³-hybridized carbons (Fsp3) is 0.700. The number of rotatable bonds is 3. The Morgan fingerprint density at radius 3 is 3.06 bits per heavy atom. The van der Waals surface area contributed by atoms with Gasteiger partial charge in [-0.3, -0.25) is 9.89 Å². The molecule has 0 saturated carbocycles. The van der Waals surface area contributed by atoms with Gasteiger partial charge in [0.05, 0.1) is 6.54 Å². The van der Waals surface area contributed by atoms with Crippen molar-refractivity contribution < 1.29 is 9.53 Å². The predicted octanol–water partition coefficient (Wildman–Crippen LogP) is 0.251. The summed E-state index contributed by atoms with van der Waals surface area (Å²) in [5.41, 5.74) is 0. The Kier molecular flexibility index (Phi) is 3.19. The summed E-state index contributed by atoms with van der Waals surface area (Å²) >= 11 is 0. The maximum Gasteiger partial charge on any atom is 0.251 e. The smallest absolute Gasteiger partial charge is 0.251 e. The van der Waals surface area contributed by atoms with E-state index in [1.54, 1.807) is 11.9 Å². The Morgan fingerprint density at radius 2 is 2.50 bits per heavy atom. The number of nitrogens with one attached hydrogen (secondary N) is 1. The van der Waals surface area contributed by atoms with Crippen LogP contribution < -0.4 is 0 Å². The summed E-state index contributed by atoms with van der Waals surface area (Å²) in [5, 5.41) is 6.75. The molecule has 6 nitrogen and oxygen atoms in total. The minimum Gasteiger partial charge on any atom is -0.368 e. The largest absolute Gasteiger partial charge is 0.368 e. The topological polar surface area (TPSA) is 71.1 Å². The number of carbonyl (C=O) groups is 1. The first-order valence-corrected chi connectivity index (χ1v) is 5.41. The standard InChI is InChI=1S/C10H16N4O2/c1-7-11-9(13-12-7)6-14(2)10(15)8-4-3-5-16-8/h8H,3-6H2,1-2H3,(H,11,12,13). The third-order valence-electron chi connectivity index (χ3n) is 2.60. The van der Waals surface area contributed by atoms with Crippen molar-refractivity contribution >= 4 is 5.91 Å². The third kappa shape index (κ3) is 2.38. The van der Waals surface area contributed by atoms with Gasteiger partial charge in [-0.05, 0) is 19.8 Å². The first-order chi connectivity index (χ1) is 7.66. The molecule has 1 aliphatic heterocycles. The Hall–Kier alpha value is -1.43. The van der Waals surface area contributed by atoms with E-state index in [0.29, 0.717) is 19.0 Å². The molecule has 0 spiro atoms. The summed E-state index contributed by atoms with van der Waals surface area (Å²) in [6.45, 7) is 2.94. The number of hydrogen-bond acceptors (Lipinski definition) is 4. The summed E-state index contributed by atoms with van der Waals surface area (Å²) in [7, 11) is 1.75. The normalized spacial score (nSPS) is 20.0. The van der Waals surface area contributed by atoms with E-state index < -0.39 is 0 Å². The minimum absolute atomic E-state index is 0.0138. The molecule has 0 aliphatic carbocycles. The highest BCUT2D eigenvalue weighted by Gasteiger charge is 2.26. The van der Waals surface area contributed by atoms with Crippen LogP contribution in [0.2, 0.25) is 0 Å². The summed E-state index contributed by atoms with van der Waals surface area (Å²) in [6.07, 6.45) is 1.50. The van der Waals surface area contributed by atoms with Gasteiger partial charge in [0.2, 0.25) is 0 Å². The number of carbonyl (C=O) groups excluding carboxylic acids is 1. The van der Waals surface area contributed by atoms with E-state index in [9.17, 15) is 4.79 Å². The van der Waals surface area contributed by atoms with Gasteiger partial charge in [0.1, 0.15) is 11.9 Å². The summed E-state index contributed by atoms with van der Waals surface area (Å²) in [5.74, 6) is 1.40. The molecule has 1 fully saturated rings. The van der Waals surface area contributed by atoms with Crippen molar-refractivity contribution in [2.45, 2.75) is 32.4 Å². The number of ether oxygens (including phenoxy) is 1. The van der Waals surface area contributed by atoms with Crippen molar-refractivity contribution in [2.75, 3.05) is 13.7 Å². The second kappa shape index (κ2) is 4.61. The van der Waals surface area contributed by atoms with Crippen LogP contribution in [0.25, 0.3) is 0 Å². The Labute approximate surface area is 94.0 Å². The fourth-order valence-corrected chi connectivity index (χ4v) is 1.77. The molecule has 88 valence electrons. The van der Waals surface area contributed by atoms with Gasteiger partial charge in [-0.25, -0.2) is 4.98 Å². The minimum atomic E-state index is -0.273. The molecule has 0 bridgehead atoms. The van der Waals surface area contributed by atoms with Crippen molar-refractivity contribution in [2.24, 2.45) is 0 Å². The highest BCUT2D eigenvalue weighted by molar-refractivity contribution is 5.80. The Bertz CT molecular complexity index is 371. The average Bonchev–Trinajstić information content (AvgIpc) is 2.88. The number of aromatic nitrogens is 3. The van der Waals surface area contributed by atoms with Crippen LogP contribution in [0.1, 0.15) is 24.5 Å². The SMILES string of the molecule is Cc1nc(CN(C)C(=O)C2CCCO2)n[nH]1. The number of H-pyrrole nitrogens is 1. The van der Waals surface area contributed by atoms with Crippen molar-refractivity contribution in [3.63, 3.8) is 0 Å². The lowest BCUT2D eigenvalue weighted by Crippen LogP contribution is -2.35. The van der Waals surface area contributed by atoms with Crippen LogP contribution in [0, 0.1) is 6.92 Å². The van der Waals surface area contributed by atoms with Crippen molar-refractivity contribution in [3.8, 4) is 0 Å². The number of likely N-dealkylation sites (N-methyl/N-ethyl adjacent to an activating group) is 1. The van der Waals surface area contributed by atoms with E-state index in [-0.39, 0.29) is 12.0 Å². The fourth-order valence-electron chi connectivity index (χ4n) is 1.77. The molecule has 1 aromatic rings. The monoisotopic (exact) mass is 224 g/mol. The number of amides is 1. The van der Waals surface area contributed by atoms with E-state index in [2.05, 4.69) is 15.2 Å². The van der Waals surface area contributed by atoms with Crippen molar-refractivity contribution in [1.29, 1.82) is 0 Å². The van der Waals surface area contributed by atoms with Gasteiger partial charge < -0.3 is 9.64 Å². The summed E-state index contributed by atoms with van der Waals surface area (Å²) in [4.78, 5) is 17.7. The number of nitrogens with zero attached hydrogens (tertiary/aromatic N) is 3. The molecule has 1 N–H and O–H groups in total. The quantitative estimate of drug-likeness (QED) is 0.799. The van der Waals surface area contributed by atoms with Crippen LogP contribution in [-0.2, 0) is 16.1 Å². The number of aryl methyl sites for hydroxylation is 1. The van der Waals surface area contributed by atoms with Crippen molar-refractivity contribution in [3.05, 3.63) is 11.6 Å². The predicted molar refractivity (Wildman–Crippen MR) is 56.6 cm³/mol. The van der Waals surface area contributed by atoms with Gasteiger partial charge >= 0.3 is 0 Å². The zero-order chi connectivity index (χ0) is 11.5. The molecule has 0 radical (unpaired) electrons. The van der Waals surface area contributed by atoms with Crippen LogP contribution in [0.5, 0.6) is 0 Å². The molecule has 1 saturated heterocycles. The molecule has 2 heterocycles. The lowest BCUT2D eigenvalue weighted by atomic mass is 10.2. The molecular formula is C10H16N4O2. The van der Waals surface area contributed by atoms with Crippen LogP contribution >= 0.6 is 0 Å². The lowest BCUT2D eigenvalue weighted by Gasteiger charge is -2.18. The van der Waals surface area contributed by atoms with E-state index in [4.69, 9.17) is 4.74 Å².